The molecular formula is C8H12N2O3. The molecule has 0 radical (unpaired) electrons. The van der Waals surface area contributed by atoms with E-state index in [0.29, 0.717) is 18.2 Å². The van der Waals surface area contributed by atoms with E-state index >= 15 is 0 Å². The Balaban J connectivity index is 2.65. The van der Waals surface area contributed by atoms with Crippen LogP contribution in [0.3, 0.4) is 0 Å². The molecule has 1 heterocycles. The number of nitrogens with zero attached hydrogens (tertiary/aromatic N) is 2. The summed E-state index contributed by atoms with van der Waals surface area (Å²) in [4.78, 5) is 10.4. The highest BCUT2D eigenvalue weighted by Gasteiger charge is 2.16. The van der Waals surface area contributed by atoms with Crippen molar-refractivity contribution in [3.05, 3.63) is 11.8 Å². The fraction of sp³-hybridized carbons (Fsp3) is 0.625. The van der Waals surface area contributed by atoms with Crippen molar-refractivity contribution in [3.63, 3.8) is 0 Å². The first-order chi connectivity index (χ1) is 6.13. The third-order valence-electron chi connectivity index (χ3n) is 1.69. The summed E-state index contributed by atoms with van der Waals surface area (Å²) < 4.78 is 5.21. The molecule has 1 rings (SSSR count). The number of aryl methyl sites for hydroxylation is 1. The minimum absolute atomic E-state index is 0.0192. The summed E-state index contributed by atoms with van der Waals surface area (Å²) in [5.74, 6) is -0.125. The smallest absolute Gasteiger partial charge is 0.304 e. The lowest BCUT2D eigenvalue weighted by Crippen LogP contribution is -2.02. The minimum Gasteiger partial charge on any atom is -0.481 e. The number of hydrogen-bond donors (Lipinski definition) is 1. The highest BCUT2D eigenvalue weighted by atomic mass is 16.4. The molecular weight excluding hydrogens is 172 g/mol. The molecule has 1 N–H and O–H groups in total. The van der Waals surface area contributed by atoms with Gasteiger partial charge in [0.2, 0.25) is 11.8 Å². The molecule has 0 aromatic carbocycles. The standard InChI is InChI=1S/C8H12N2O3/c1-3-6-9-10-8(13-6)5(2)4-7(11)12/h5H,3-4H2,1-2H3,(H,11,12). The van der Waals surface area contributed by atoms with Gasteiger partial charge in [0.05, 0.1) is 6.42 Å². The highest BCUT2D eigenvalue weighted by Crippen LogP contribution is 2.17. The van der Waals surface area contributed by atoms with Gasteiger partial charge in [0.15, 0.2) is 0 Å². The van der Waals surface area contributed by atoms with Crippen LogP contribution in [0.1, 0.15) is 38.0 Å². The molecule has 0 amide bonds. The zero-order valence-electron chi connectivity index (χ0n) is 7.65. The van der Waals surface area contributed by atoms with Crippen LogP contribution in [-0.2, 0) is 11.2 Å². The first kappa shape index (κ1) is 9.70. The van der Waals surface area contributed by atoms with Crippen LogP contribution in [0.4, 0.5) is 0 Å². The van der Waals surface area contributed by atoms with E-state index in [-0.39, 0.29) is 12.3 Å². The van der Waals surface area contributed by atoms with E-state index in [9.17, 15) is 4.79 Å². The van der Waals surface area contributed by atoms with Gasteiger partial charge >= 0.3 is 5.97 Å². The molecule has 0 aliphatic heterocycles. The van der Waals surface area contributed by atoms with E-state index in [2.05, 4.69) is 10.2 Å². The molecule has 1 aromatic rings. The largest absolute Gasteiger partial charge is 0.481 e. The monoisotopic (exact) mass is 184 g/mol. The Kier molecular flexibility index (Phi) is 3.00. The number of rotatable bonds is 4. The Morgan fingerprint density at radius 3 is 2.77 bits per heavy atom. The summed E-state index contributed by atoms with van der Waals surface area (Å²) in [5, 5.41) is 16.0. The second-order valence-electron chi connectivity index (χ2n) is 2.89. The van der Waals surface area contributed by atoms with Gasteiger partial charge < -0.3 is 9.52 Å². The van der Waals surface area contributed by atoms with Gasteiger partial charge in [-0.05, 0) is 0 Å². The SMILES string of the molecule is CCc1nnc(C(C)CC(=O)O)o1. The van der Waals surface area contributed by atoms with E-state index in [1.807, 2.05) is 6.92 Å². The maximum absolute atomic E-state index is 10.4. The van der Waals surface area contributed by atoms with Crippen molar-refractivity contribution in [1.82, 2.24) is 10.2 Å². The van der Waals surface area contributed by atoms with Crippen molar-refractivity contribution >= 4 is 5.97 Å². The van der Waals surface area contributed by atoms with Crippen LogP contribution in [0.15, 0.2) is 4.42 Å². The van der Waals surface area contributed by atoms with Crippen molar-refractivity contribution in [3.8, 4) is 0 Å². The van der Waals surface area contributed by atoms with Crippen molar-refractivity contribution in [2.75, 3.05) is 0 Å². The molecule has 5 nitrogen and oxygen atoms in total. The van der Waals surface area contributed by atoms with Crippen LogP contribution < -0.4 is 0 Å². The summed E-state index contributed by atoms with van der Waals surface area (Å²) in [6, 6.07) is 0. The third kappa shape index (κ3) is 2.54. The predicted octanol–water partition coefficient (Wildman–Crippen LogP) is 1.21. The van der Waals surface area contributed by atoms with Crippen LogP contribution in [0.2, 0.25) is 0 Å². The van der Waals surface area contributed by atoms with E-state index in [1.165, 1.54) is 0 Å². The topological polar surface area (TPSA) is 76.2 Å². The Labute approximate surface area is 75.8 Å². The second kappa shape index (κ2) is 4.02. The summed E-state index contributed by atoms with van der Waals surface area (Å²) in [7, 11) is 0. The molecule has 1 unspecified atom stereocenters. The Bertz CT molecular complexity index is 295. The molecule has 0 fully saturated rings. The fourth-order valence-corrected chi connectivity index (χ4v) is 0.958. The molecule has 72 valence electrons. The molecule has 0 aliphatic rings. The number of aromatic nitrogens is 2. The zero-order valence-corrected chi connectivity index (χ0v) is 7.65. The average Bonchev–Trinajstić information content (AvgIpc) is 2.50. The van der Waals surface area contributed by atoms with Gasteiger partial charge in [-0.25, -0.2) is 0 Å². The molecule has 1 aromatic heterocycles. The molecule has 13 heavy (non-hydrogen) atoms. The Morgan fingerprint density at radius 1 is 1.62 bits per heavy atom. The van der Waals surface area contributed by atoms with Crippen molar-refractivity contribution < 1.29 is 14.3 Å². The van der Waals surface area contributed by atoms with Gasteiger partial charge in [-0.1, -0.05) is 13.8 Å². The first-order valence-electron chi connectivity index (χ1n) is 4.17. The lowest BCUT2D eigenvalue weighted by atomic mass is 10.1. The number of aliphatic carboxylic acids is 1. The molecule has 0 spiro atoms. The average molecular weight is 184 g/mol. The van der Waals surface area contributed by atoms with Gasteiger partial charge in [0.25, 0.3) is 0 Å². The molecule has 0 bridgehead atoms. The van der Waals surface area contributed by atoms with Crippen molar-refractivity contribution in [1.29, 1.82) is 0 Å². The van der Waals surface area contributed by atoms with E-state index in [1.54, 1.807) is 6.92 Å². The summed E-state index contributed by atoms with van der Waals surface area (Å²) in [6.07, 6.45) is 0.693. The normalized spacial score (nSPS) is 12.8. The van der Waals surface area contributed by atoms with Gasteiger partial charge in [-0.15, -0.1) is 10.2 Å². The number of carbonyl (C=O) groups is 1. The van der Waals surface area contributed by atoms with Gasteiger partial charge in [-0.2, -0.15) is 0 Å². The van der Waals surface area contributed by atoms with Gasteiger partial charge in [0.1, 0.15) is 0 Å². The lowest BCUT2D eigenvalue weighted by Gasteiger charge is -2.00. The molecule has 0 saturated heterocycles. The van der Waals surface area contributed by atoms with Crippen LogP contribution in [0.25, 0.3) is 0 Å². The van der Waals surface area contributed by atoms with Gasteiger partial charge in [0, 0.05) is 12.3 Å². The molecule has 0 aliphatic carbocycles. The van der Waals surface area contributed by atoms with Crippen LogP contribution in [-0.4, -0.2) is 21.3 Å². The maximum atomic E-state index is 10.4. The Morgan fingerprint density at radius 2 is 2.31 bits per heavy atom. The van der Waals surface area contributed by atoms with Gasteiger partial charge in [-0.3, -0.25) is 4.79 Å². The quantitative estimate of drug-likeness (QED) is 0.761. The van der Waals surface area contributed by atoms with E-state index in [4.69, 9.17) is 9.52 Å². The minimum atomic E-state index is -0.858. The number of carboxylic acid groups (broad SMARTS) is 1. The maximum Gasteiger partial charge on any atom is 0.304 e. The first-order valence-corrected chi connectivity index (χ1v) is 4.17. The molecule has 0 saturated carbocycles. The summed E-state index contributed by atoms with van der Waals surface area (Å²) >= 11 is 0. The fourth-order valence-electron chi connectivity index (χ4n) is 0.958. The van der Waals surface area contributed by atoms with E-state index in [0.717, 1.165) is 0 Å². The lowest BCUT2D eigenvalue weighted by molar-refractivity contribution is -0.137. The van der Waals surface area contributed by atoms with Crippen LogP contribution >= 0.6 is 0 Å². The van der Waals surface area contributed by atoms with Crippen molar-refractivity contribution in [2.45, 2.75) is 32.6 Å². The van der Waals surface area contributed by atoms with E-state index < -0.39 is 5.97 Å². The molecule has 5 heteroatoms. The predicted molar refractivity (Wildman–Crippen MR) is 44.3 cm³/mol. The number of hydrogen-bond acceptors (Lipinski definition) is 4. The summed E-state index contributed by atoms with van der Waals surface area (Å²) in [6.45, 7) is 3.65. The summed E-state index contributed by atoms with van der Waals surface area (Å²) in [5.41, 5.74) is 0. The van der Waals surface area contributed by atoms with Crippen molar-refractivity contribution in [2.24, 2.45) is 0 Å². The highest BCUT2D eigenvalue weighted by molar-refractivity contribution is 5.67. The second-order valence-corrected chi connectivity index (χ2v) is 2.89. The third-order valence-corrected chi connectivity index (χ3v) is 1.69. The van der Waals surface area contributed by atoms with Crippen LogP contribution in [0.5, 0.6) is 0 Å². The zero-order chi connectivity index (χ0) is 9.84. The molecule has 1 atom stereocenters. The number of carboxylic acids is 1. The van der Waals surface area contributed by atoms with Crippen LogP contribution in [0, 0.1) is 0 Å². The Hall–Kier alpha value is -1.39.